The van der Waals surface area contributed by atoms with Crippen LogP contribution in [0.3, 0.4) is 0 Å². The van der Waals surface area contributed by atoms with E-state index in [0.29, 0.717) is 5.06 Å². The number of amides is 3. The van der Waals surface area contributed by atoms with Crippen molar-refractivity contribution in [2.45, 2.75) is 32.0 Å². The summed E-state index contributed by atoms with van der Waals surface area (Å²) in [5.74, 6) is -2.40. The fraction of sp³-hybridized carbons (Fsp3) is 0.375. The molecule has 9 heteroatoms. The summed E-state index contributed by atoms with van der Waals surface area (Å²) in [7, 11) is 0. The van der Waals surface area contributed by atoms with Gasteiger partial charge in [-0.15, -0.1) is 5.06 Å². The molecule has 1 fully saturated rings. The second-order valence-electron chi connectivity index (χ2n) is 5.29. The zero-order valence-corrected chi connectivity index (χ0v) is 13.3. The lowest BCUT2D eigenvalue weighted by Gasteiger charge is -2.15. The molecule has 0 aromatic heterocycles. The van der Waals surface area contributed by atoms with Gasteiger partial charge in [0.15, 0.2) is 6.10 Å². The van der Waals surface area contributed by atoms with Crippen LogP contribution in [0.4, 0.5) is 4.79 Å². The Morgan fingerprint density at radius 1 is 1.16 bits per heavy atom. The fourth-order valence-electron chi connectivity index (χ4n) is 2.01. The topological polar surface area (TPSA) is 122 Å². The number of benzene rings is 1. The van der Waals surface area contributed by atoms with Crippen LogP contribution in [0.2, 0.25) is 0 Å². The number of hydrogen-bond acceptors (Lipinski definition) is 7. The molecule has 2 N–H and O–H groups in total. The summed E-state index contributed by atoms with van der Waals surface area (Å²) < 4.78 is 4.96. The predicted octanol–water partition coefficient (Wildman–Crippen LogP) is 0.271. The molecule has 0 radical (unpaired) electrons. The number of hydroxylamine groups is 2. The fourth-order valence-corrected chi connectivity index (χ4v) is 2.01. The van der Waals surface area contributed by atoms with E-state index < -0.39 is 30.0 Å². The lowest BCUT2D eigenvalue weighted by molar-refractivity contribution is -0.203. The molecule has 1 atom stereocenters. The first-order valence-corrected chi connectivity index (χ1v) is 7.67. The number of ether oxygens (including phenoxy) is 1. The van der Waals surface area contributed by atoms with Crippen LogP contribution in [0.25, 0.3) is 0 Å². The summed E-state index contributed by atoms with van der Waals surface area (Å²) in [5.41, 5.74) is 0.821. The van der Waals surface area contributed by atoms with Gasteiger partial charge in [0.1, 0.15) is 6.61 Å². The second kappa shape index (κ2) is 8.78. The van der Waals surface area contributed by atoms with Gasteiger partial charge in [0.05, 0.1) is 0 Å². The van der Waals surface area contributed by atoms with Gasteiger partial charge in [-0.25, -0.2) is 9.59 Å². The molecule has 1 aliphatic heterocycles. The van der Waals surface area contributed by atoms with E-state index in [1.165, 1.54) is 0 Å². The highest BCUT2D eigenvalue weighted by Crippen LogP contribution is 2.13. The lowest BCUT2D eigenvalue weighted by Crippen LogP contribution is -2.38. The number of alkyl carbamates (subject to hydrolysis) is 1. The van der Waals surface area contributed by atoms with E-state index in [1.807, 2.05) is 18.2 Å². The van der Waals surface area contributed by atoms with Gasteiger partial charge in [0, 0.05) is 25.8 Å². The number of nitrogens with zero attached hydrogens (tertiary/aromatic N) is 1. The molecule has 1 aromatic rings. The van der Waals surface area contributed by atoms with E-state index in [2.05, 4.69) is 10.2 Å². The van der Waals surface area contributed by atoms with Crippen molar-refractivity contribution >= 4 is 23.9 Å². The van der Waals surface area contributed by atoms with Crippen LogP contribution in [-0.2, 0) is 30.6 Å². The molecule has 2 rings (SSSR count). The second-order valence-corrected chi connectivity index (χ2v) is 5.29. The van der Waals surface area contributed by atoms with Gasteiger partial charge in [-0.3, -0.25) is 9.59 Å². The predicted molar refractivity (Wildman–Crippen MR) is 82.4 cm³/mol. The Morgan fingerprint density at radius 3 is 2.44 bits per heavy atom. The maximum atomic E-state index is 11.6. The quantitative estimate of drug-likeness (QED) is 0.677. The highest BCUT2D eigenvalue weighted by molar-refractivity contribution is 6.01. The zero-order chi connectivity index (χ0) is 18.2. The van der Waals surface area contributed by atoms with Crippen molar-refractivity contribution in [3.05, 3.63) is 35.9 Å². The molecule has 1 heterocycles. The summed E-state index contributed by atoms with van der Waals surface area (Å²) >= 11 is 0. The minimum absolute atomic E-state index is 0.0307. The van der Waals surface area contributed by atoms with Gasteiger partial charge >= 0.3 is 12.1 Å². The Balaban J connectivity index is 1.64. The number of aliphatic hydroxyl groups excluding tert-OH is 1. The van der Waals surface area contributed by atoms with Crippen molar-refractivity contribution in [1.29, 1.82) is 0 Å². The summed E-state index contributed by atoms with van der Waals surface area (Å²) in [6, 6.07) is 9.07. The normalized spacial score (nSPS) is 15.0. The number of nitrogens with one attached hydrogen (secondary N) is 1. The van der Waals surface area contributed by atoms with E-state index in [0.717, 1.165) is 5.56 Å². The molecule has 1 unspecified atom stereocenters. The minimum atomic E-state index is -1.59. The number of rotatable bonds is 7. The molecule has 1 saturated heterocycles. The SMILES string of the molecule is O=C(NCCC(O)C(=O)ON1C(=O)CCC1=O)OCc1ccccc1. The van der Waals surface area contributed by atoms with Gasteiger partial charge in [-0.05, 0) is 5.56 Å². The van der Waals surface area contributed by atoms with Crippen LogP contribution in [0.5, 0.6) is 0 Å². The molecule has 0 bridgehead atoms. The Morgan fingerprint density at radius 2 is 1.80 bits per heavy atom. The third kappa shape index (κ3) is 5.57. The molecule has 0 saturated carbocycles. The minimum Gasteiger partial charge on any atom is -0.445 e. The first kappa shape index (κ1) is 18.4. The van der Waals surface area contributed by atoms with E-state index in [4.69, 9.17) is 4.74 Å². The first-order chi connectivity index (χ1) is 12.0. The summed E-state index contributed by atoms with van der Waals surface area (Å²) in [4.78, 5) is 50.3. The molecule has 134 valence electrons. The Bertz CT molecular complexity index is 631. The number of imide groups is 1. The van der Waals surface area contributed by atoms with Gasteiger partial charge in [0.2, 0.25) is 0 Å². The molecular weight excluding hydrogens is 332 g/mol. The number of carbonyl (C=O) groups excluding carboxylic acids is 4. The Hall–Kier alpha value is -2.94. The van der Waals surface area contributed by atoms with Crippen LogP contribution >= 0.6 is 0 Å². The maximum Gasteiger partial charge on any atom is 0.407 e. The van der Waals surface area contributed by atoms with E-state index in [-0.39, 0.29) is 32.4 Å². The molecule has 1 aliphatic rings. The Kier molecular flexibility index (Phi) is 6.47. The molecule has 0 aliphatic carbocycles. The highest BCUT2D eigenvalue weighted by Gasteiger charge is 2.34. The van der Waals surface area contributed by atoms with Gasteiger partial charge in [-0.2, -0.15) is 0 Å². The van der Waals surface area contributed by atoms with E-state index >= 15 is 0 Å². The third-order valence-electron chi connectivity index (χ3n) is 3.36. The van der Waals surface area contributed by atoms with Crippen molar-refractivity contribution in [3.63, 3.8) is 0 Å². The van der Waals surface area contributed by atoms with Crippen LogP contribution in [0.1, 0.15) is 24.8 Å². The monoisotopic (exact) mass is 350 g/mol. The van der Waals surface area contributed by atoms with Crippen molar-refractivity contribution in [1.82, 2.24) is 10.4 Å². The van der Waals surface area contributed by atoms with Crippen LogP contribution in [0, 0.1) is 0 Å². The molecule has 0 spiro atoms. The van der Waals surface area contributed by atoms with Crippen molar-refractivity contribution in [2.75, 3.05) is 6.54 Å². The number of aliphatic hydroxyl groups is 1. The van der Waals surface area contributed by atoms with Crippen LogP contribution in [0.15, 0.2) is 30.3 Å². The zero-order valence-electron chi connectivity index (χ0n) is 13.3. The molecule has 3 amide bonds. The third-order valence-corrected chi connectivity index (χ3v) is 3.36. The van der Waals surface area contributed by atoms with Crippen LogP contribution < -0.4 is 5.32 Å². The highest BCUT2D eigenvalue weighted by atomic mass is 16.7. The summed E-state index contributed by atoms with van der Waals surface area (Å²) in [6.07, 6.45) is -2.51. The smallest absolute Gasteiger partial charge is 0.407 e. The van der Waals surface area contributed by atoms with Crippen molar-refractivity contribution < 1.29 is 33.9 Å². The van der Waals surface area contributed by atoms with Gasteiger partial charge in [-0.1, -0.05) is 30.3 Å². The number of carbonyl (C=O) groups is 4. The summed E-state index contributed by atoms with van der Waals surface area (Å²) in [6.45, 7) is 0.0439. The lowest BCUT2D eigenvalue weighted by atomic mass is 10.2. The molecule has 25 heavy (non-hydrogen) atoms. The Labute approximate surface area is 143 Å². The van der Waals surface area contributed by atoms with Crippen molar-refractivity contribution in [2.24, 2.45) is 0 Å². The standard InChI is InChI=1S/C16H18N2O7/c19-12(15(22)25-18-13(20)6-7-14(18)21)8-9-17-16(23)24-10-11-4-2-1-3-5-11/h1-5,12,19H,6-10H2,(H,17,23). The van der Waals surface area contributed by atoms with Crippen LogP contribution in [-0.4, -0.2) is 46.7 Å². The van der Waals surface area contributed by atoms with E-state index in [1.54, 1.807) is 12.1 Å². The molecule has 9 nitrogen and oxygen atoms in total. The molecule has 1 aromatic carbocycles. The maximum absolute atomic E-state index is 11.6. The molecular formula is C16H18N2O7. The number of hydrogen-bond donors (Lipinski definition) is 2. The average Bonchev–Trinajstić information content (AvgIpc) is 2.92. The van der Waals surface area contributed by atoms with E-state index in [9.17, 15) is 24.3 Å². The van der Waals surface area contributed by atoms with Gasteiger partial charge in [0.25, 0.3) is 11.8 Å². The summed E-state index contributed by atoms with van der Waals surface area (Å²) in [5, 5.41) is 12.4. The largest absolute Gasteiger partial charge is 0.445 e. The first-order valence-electron chi connectivity index (χ1n) is 7.67. The van der Waals surface area contributed by atoms with Gasteiger partial charge < -0.3 is 20.0 Å². The average molecular weight is 350 g/mol. The van der Waals surface area contributed by atoms with Crippen molar-refractivity contribution in [3.8, 4) is 0 Å².